The Morgan fingerprint density at radius 2 is 2.03 bits per heavy atom. The molecule has 0 aromatic carbocycles. The molecule has 1 saturated carbocycles. The van der Waals surface area contributed by atoms with Crippen molar-refractivity contribution in [3.63, 3.8) is 0 Å². The second kappa shape index (κ2) is 7.81. The van der Waals surface area contributed by atoms with Gasteiger partial charge in [0, 0.05) is 25.2 Å². The minimum absolute atomic E-state index is 0.0315. The van der Waals surface area contributed by atoms with Crippen LogP contribution in [0.2, 0.25) is 5.02 Å². The van der Waals surface area contributed by atoms with Crippen molar-refractivity contribution in [3.8, 4) is 0 Å². The van der Waals surface area contributed by atoms with Crippen molar-refractivity contribution in [1.82, 2.24) is 29.4 Å². The molecule has 7 nitrogen and oxygen atoms in total. The summed E-state index contributed by atoms with van der Waals surface area (Å²) in [6, 6.07) is 1.13. The van der Waals surface area contributed by atoms with Gasteiger partial charge in [0.2, 0.25) is 5.91 Å². The van der Waals surface area contributed by atoms with E-state index in [1.54, 1.807) is 11.7 Å². The maximum Gasteiger partial charge on any atom is 0.417 e. The second-order valence-corrected chi connectivity index (χ2v) is 8.22. The fourth-order valence-corrected chi connectivity index (χ4v) is 3.88. The highest BCUT2D eigenvalue weighted by molar-refractivity contribution is 6.31. The van der Waals surface area contributed by atoms with E-state index >= 15 is 0 Å². The van der Waals surface area contributed by atoms with E-state index in [2.05, 4.69) is 15.2 Å². The van der Waals surface area contributed by atoms with Gasteiger partial charge in [-0.2, -0.15) is 23.4 Å². The zero-order chi connectivity index (χ0) is 22.5. The van der Waals surface area contributed by atoms with Crippen LogP contribution in [0.5, 0.6) is 0 Å². The quantitative estimate of drug-likeness (QED) is 0.560. The Balaban J connectivity index is 1.66. The zero-order valence-electron chi connectivity index (χ0n) is 17.4. The summed E-state index contributed by atoms with van der Waals surface area (Å²) in [5.74, 6) is -0.291. The van der Waals surface area contributed by atoms with Crippen LogP contribution in [-0.2, 0) is 30.6 Å². The molecule has 1 fully saturated rings. The van der Waals surface area contributed by atoms with Gasteiger partial charge >= 0.3 is 6.18 Å². The molecular formula is C20H22ClF3N6O. The Bertz CT molecular complexity index is 1150. The number of pyridine rings is 1. The average molecular weight is 455 g/mol. The lowest BCUT2D eigenvalue weighted by molar-refractivity contribution is -0.136. The van der Waals surface area contributed by atoms with Crippen LogP contribution in [0.4, 0.5) is 13.2 Å². The highest BCUT2D eigenvalue weighted by Gasteiger charge is 2.37. The SMILES string of the molecule is CCn1ncc(Cl)c1CN(C)C(=O)Cn1nc(C)c2c(C(F)(F)F)cc(C3CC3)nc21. The number of amides is 1. The van der Waals surface area contributed by atoms with Crippen molar-refractivity contribution >= 4 is 28.5 Å². The van der Waals surface area contributed by atoms with Gasteiger partial charge in [-0.15, -0.1) is 0 Å². The number of halogens is 4. The van der Waals surface area contributed by atoms with Crippen molar-refractivity contribution in [2.24, 2.45) is 0 Å². The maximum atomic E-state index is 13.7. The number of alkyl halides is 3. The first kappa shape index (κ1) is 21.6. The van der Waals surface area contributed by atoms with Gasteiger partial charge in [-0.3, -0.25) is 9.48 Å². The van der Waals surface area contributed by atoms with Gasteiger partial charge in [-0.25, -0.2) is 9.67 Å². The molecule has 1 aliphatic rings. The Morgan fingerprint density at radius 1 is 1.32 bits per heavy atom. The maximum absolute atomic E-state index is 13.7. The van der Waals surface area contributed by atoms with Crippen LogP contribution in [0.1, 0.15) is 48.3 Å². The van der Waals surface area contributed by atoms with E-state index in [9.17, 15) is 18.0 Å². The van der Waals surface area contributed by atoms with E-state index in [0.29, 0.717) is 23.0 Å². The van der Waals surface area contributed by atoms with Crippen molar-refractivity contribution in [2.75, 3.05) is 7.05 Å². The number of aryl methyl sites for hydroxylation is 2. The third-order valence-electron chi connectivity index (χ3n) is 5.49. The second-order valence-electron chi connectivity index (χ2n) is 7.81. The lowest BCUT2D eigenvalue weighted by Crippen LogP contribution is -2.31. The number of carbonyl (C=O) groups excluding carboxylic acids is 1. The van der Waals surface area contributed by atoms with Gasteiger partial charge < -0.3 is 4.90 Å². The smallest absolute Gasteiger partial charge is 0.338 e. The number of rotatable bonds is 6. The molecule has 4 rings (SSSR count). The van der Waals surface area contributed by atoms with E-state index in [1.807, 2.05) is 6.92 Å². The summed E-state index contributed by atoms with van der Waals surface area (Å²) in [4.78, 5) is 18.8. The molecule has 1 aliphatic carbocycles. The van der Waals surface area contributed by atoms with Gasteiger partial charge in [-0.05, 0) is 32.8 Å². The number of nitrogens with zero attached hydrogens (tertiary/aromatic N) is 6. The van der Waals surface area contributed by atoms with Crippen molar-refractivity contribution < 1.29 is 18.0 Å². The van der Waals surface area contributed by atoms with Crippen LogP contribution in [-0.4, -0.2) is 42.4 Å². The molecule has 11 heteroatoms. The third-order valence-corrected chi connectivity index (χ3v) is 5.81. The molecule has 0 radical (unpaired) electrons. The standard InChI is InChI=1S/C20H22ClF3N6O/c1-4-29-16(14(21)8-25-29)9-28(3)17(31)10-30-19-18(11(2)27-30)13(20(22,23)24)7-15(26-19)12-5-6-12/h7-8,12H,4-6,9-10H2,1-3H3. The number of likely N-dealkylation sites (N-methyl/N-ethyl adjacent to an activating group) is 1. The van der Waals surface area contributed by atoms with Crippen LogP contribution in [0.25, 0.3) is 11.0 Å². The van der Waals surface area contributed by atoms with Gasteiger partial charge in [0.05, 0.1) is 40.1 Å². The minimum Gasteiger partial charge on any atom is -0.338 e. The largest absolute Gasteiger partial charge is 0.417 e. The Labute approximate surface area is 181 Å². The van der Waals surface area contributed by atoms with Crippen molar-refractivity contribution in [3.05, 3.63) is 39.9 Å². The van der Waals surface area contributed by atoms with E-state index in [1.165, 1.54) is 22.7 Å². The Hall–Kier alpha value is -2.62. The van der Waals surface area contributed by atoms with Gasteiger partial charge in [0.1, 0.15) is 6.54 Å². The number of hydrogen-bond acceptors (Lipinski definition) is 4. The van der Waals surface area contributed by atoms with Crippen LogP contribution in [0, 0.1) is 6.92 Å². The Kier molecular flexibility index (Phi) is 5.45. The summed E-state index contributed by atoms with van der Waals surface area (Å²) in [5, 5.41) is 8.77. The molecule has 0 aliphatic heterocycles. The fourth-order valence-electron chi connectivity index (χ4n) is 3.67. The molecule has 0 N–H and O–H groups in total. The summed E-state index contributed by atoms with van der Waals surface area (Å²) < 4.78 is 44.1. The van der Waals surface area contributed by atoms with Crippen molar-refractivity contribution in [2.45, 2.75) is 58.4 Å². The topological polar surface area (TPSA) is 68.8 Å². The molecular weight excluding hydrogens is 433 g/mol. The molecule has 0 saturated heterocycles. The van der Waals surface area contributed by atoms with Crippen molar-refractivity contribution in [1.29, 1.82) is 0 Å². The molecule has 0 unspecified atom stereocenters. The highest BCUT2D eigenvalue weighted by Crippen LogP contribution is 2.43. The van der Waals surface area contributed by atoms with Gasteiger partial charge in [0.15, 0.2) is 5.65 Å². The van der Waals surface area contributed by atoms with E-state index in [0.717, 1.165) is 18.9 Å². The molecule has 166 valence electrons. The molecule has 3 heterocycles. The average Bonchev–Trinajstić information content (AvgIpc) is 3.44. The minimum atomic E-state index is -4.53. The number of carbonyl (C=O) groups is 1. The van der Waals surface area contributed by atoms with Crippen LogP contribution in [0.15, 0.2) is 12.3 Å². The predicted molar refractivity (Wildman–Crippen MR) is 109 cm³/mol. The Morgan fingerprint density at radius 3 is 2.65 bits per heavy atom. The lowest BCUT2D eigenvalue weighted by atomic mass is 10.1. The van der Waals surface area contributed by atoms with Crippen LogP contribution < -0.4 is 0 Å². The first-order valence-corrected chi connectivity index (χ1v) is 10.4. The van der Waals surface area contributed by atoms with Crippen LogP contribution >= 0.6 is 11.6 Å². The summed E-state index contributed by atoms with van der Waals surface area (Å²) in [6.07, 6.45) is -1.38. The molecule has 1 amide bonds. The zero-order valence-corrected chi connectivity index (χ0v) is 18.1. The molecule has 3 aromatic heterocycles. The van der Waals surface area contributed by atoms with E-state index in [-0.39, 0.29) is 41.6 Å². The number of hydrogen-bond donors (Lipinski definition) is 0. The third kappa shape index (κ3) is 4.13. The fraction of sp³-hybridized carbons (Fsp3) is 0.500. The molecule has 0 atom stereocenters. The first-order chi connectivity index (χ1) is 14.6. The van der Waals surface area contributed by atoms with E-state index < -0.39 is 11.7 Å². The molecule has 0 spiro atoms. The molecule has 3 aromatic rings. The summed E-state index contributed by atoms with van der Waals surface area (Å²) in [6.45, 7) is 4.01. The summed E-state index contributed by atoms with van der Waals surface area (Å²) in [5.41, 5.74) is 0.630. The molecule has 31 heavy (non-hydrogen) atoms. The first-order valence-electron chi connectivity index (χ1n) is 9.99. The number of aromatic nitrogens is 5. The lowest BCUT2D eigenvalue weighted by Gasteiger charge is -2.18. The highest BCUT2D eigenvalue weighted by atomic mass is 35.5. The van der Waals surface area contributed by atoms with Gasteiger partial charge in [0.25, 0.3) is 0 Å². The normalized spacial score (nSPS) is 14.4. The monoisotopic (exact) mass is 454 g/mol. The van der Waals surface area contributed by atoms with E-state index in [4.69, 9.17) is 11.6 Å². The molecule has 0 bridgehead atoms. The predicted octanol–water partition coefficient (Wildman–Crippen LogP) is 4.16. The van der Waals surface area contributed by atoms with Gasteiger partial charge in [-0.1, -0.05) is 11.6 Å². The number of fused-ring (bicyclic) bond motifs is 1. The summed E-state index contributed by atoms with van der Waals surface area (Å²) >= 11 is 6.17. The summed E-state index contributed by atoms with van der Waals surface area (Å²) in [7, 11) is 1.61. The van der Waals surface area contributed by atoms with Crippen LogP contribution in [0.3, 0.4) is 0 Å².